The highest BCUT2D eigenvalue weighted by atomic mass is 19.4. The minimum Gasteiger partial charge on any atom is -0.405 e. The zero-order valence-electron chi connectivity index (χ0n) is 10.7. The first-order chi connectivity index (χ1) is 9.96. The van der Waals surface area contributed by atoms with Crippen molar-refractivity contribution < 1.29 is 22.7 Å². The molecule has 21 heavy (non-hydrogen) atoms. The van der Waals surface area contributed by atoms with Crippen LogP contribution in [0.25, 0.3) is 0 Å². The quantitative estimate of drug-likeness (QED) is 0.943. The molecule has 1 N–H and O–H groups in total. The Morgan fingerprint density at radius 1 is 1.14 bits per heavy atom. The number of aromatic nitrogens is 1. The molecule has 7 heteroatoms. The number of hydrogen-bond acceptors (Lipinski definition) is 3. The molecule has 0 fully saturated rings. The summed E-state index contributed by atoms with van der Waals surface area (Å²) in [5.74, 6) is -0.737. The van der Waals surface area contributed by atoms with Crippen molar-refractivity contribution in [3.05, 3.63) is 59.9 Å². The van der Waals surface area contributed by atoms with Crippen LogP contribution in [0.2, 0.25) is 0 Å². The van der Waals surface area contributed by atoms with Gasteiger partial charge in [0.2, 0.25) is 0 Å². The van der Waals surface area contributed by atoms with Gasteiger partial charge in [-0.05, 0) is 18.2 Å². The monoisotopic (exact) mass is 296 g/mol. The van der Waals surface area contributed by atoms with Gasteiger partial charge < -0.3 is 10.1 Å². The first kappa shape index (κ1) is 14.8. The zero-order chi connectivity index (χ0) is 15.3. The minimum atomic E-state index is -4.77. The van der Waals surface area contributed by atoms with Gasteiger partial charge in [-0.25, -0.2) is 0 Å². The molecule has 0 aliphatic heterocycles. The van der Waals surface area contributed by atoms with Gasteiger partial charge in [0.15, 0.2) is 0 Å². The number of nitrogens with zero attached hydrogens (tertiary/aromatic N) is 1. The van der Waals surface area contributed by atoms with Gasteiger partial charge >= 0.3 is 6.36 Å². The van der Waals surface area contributed by atoms with Crippen LogP contribution in [-0.2, 0) is 6.54 Å². The third kappa shape index (κ3) is 4.48. The summed E-state index contributed by atoms with van der Waals surface area (Å²) < 4.78 is 40.7. The summed E-state index contributed by atoms with van der Waals surface area (Å²) in [5.41, 5.74) is 0.608. The van der Waals surface area contributed by atoms with Crippen LogP contribution < -0.4 is 10.1 Å². The molecule has 2 rings (SSSR count). The number of amides is 1. The lowest BCUT2D eigenvalue weighted by Gasteiger charge is -2.13. The second kappa shape index (κ2) is 6.25. The third-order valence-corrected chi connectivity index (χ3v) is 2.58. The van der Waals surface area contributed by atoms with E-state index in [4.69, 9.17) is 0 Å². The Morgan fingerprint density at radius 2 is 1.81 bits per heavy atom. The summed E-state index contributed by atoms with van der Waals surface area (Å²) >= 11 is 0. The van der Waals surface area contributed by atoms with Gasteiger partial charge in [0.1, 0.15) is 5.75 Å². The van der Waals surface area contributed by atoms with E-state index in [2.05, 4.69) is 15.0 Å². The number of carbonyl (C=O) groups excluding carboxylic acids is 1. The first-order valence-electron chi connectivity index (χ1n) is 5.97. The third-order valence-electron chi connectivity index (χ3n) is 2.58. The van der Waals surface area contributed by atoms with Crippen LogP contribution in [0, 0.1) is 0 Å². The van der Waals surface area contributed by atoms with Gasteiger partial charge in [-0.15, -0.1) is 13.2 Å². The number of ether oxygens (including phenoxy) is 1. The number of pyridine rings is 1. The Labute approximate surface area is 118 Å². The molecule has 0 unspecified atom stereocenters. The molecule has 0 saturated heterocycles. The van der Waals surface area contributed by atoms with Crippen molar-refractivity contribution in [1.29, 1.82) is 0 Å². The predicted molar refractivity (Wildman–Crippen MR) is 68.5 cm³/mol. The molecule has 0 aliphatic carbocycles. The van der Waals surface area contributed by atoms with E-state index in [0.29, 0.717) is 5.56 Å². The van der Waals surface area contributed by atoms with E-state index in [1.165, 1.54) is 42.7 Å². The number of alkyl halides is 3. The van der Waals surface area contributed by atoms with Crippen LogP contribution in [0.3, 0.4) is 0 Å². The summed E-state index contributed by atoms with van der Waals surface area (Å²) in [4.78, 5) is 15.6. The van der Waals surface area contributed by atoms with Crippen molar-refractivity contribution in [1.82, 2.24) is 10.3 Å². The number of rotatable bonds is 4. The molecule has 1 aromatic carbocycles. The Bertz CT molecular complexity index is 615. The zero-order valence-corrected chi connectivity index (χ0v) is 10.7. The van der Waals surface area contributed by atoms with Gasteiger partial charge in [0.05, 0.1) is 0 Å². The van der Waals surface area contributed by atoms with E-state index in [1.54, 1.807) is 6.07 Å². The van der Waals surface area contributed by atoms with E-state index in [1.807, 2.05) is 0 Å². The topological polar surface area (TPSA) is 51.2 Å². The number of nitrogens with one attached hydrogen (secondary N) is 1. The predicted octanol–water partition coefficient (Wildman–Crippen LogP) is 2.91. The van der Waals surface area contributed by atoms with Crippen LogP contribution in [0.4, 0.5) is 13.2 Å². The van der Waals surface area contributed by atoms with Crippen LogP contribution in [-0.4, -0.2) is 17.3 Å². The van der Waals surface area contributed by atoms with Gasteiger partial charge in [0.25, 0.3) is 5.91 Å². The highest BCUT2D eigenvalue weighted by Gasteiger charge is 2.31. The van der Waals surface area contributed by atoms with Crippen molar-refractivity contribution in [3.63, 3.8) is 0 Å². The fourth-order valence-corrected chi connectivity index (χ4v) is 1.65. The summed E-state index contributed by atoms with van der Waals surface area (Å²) in [6.45, 7) is -0.0760. The fourth-order valence-electron chi connectivity index (χ4n) is 1.65. The largest absolute Gasteiger partial charge is 0.573 e. The first-order valence-corrected chi connectivity index (χ1v) is 5.97. The molecule has 0 spiro atoms. The van der Waals surface area contributed by atoms with E-state index >= 15 is 0 Å². The Kier molecular flexibility index (Phi) is 4.42. The molecular weight excluding hydrogens is 285 g/mol. The Morgan fingerprint density at radius 3 is 2.48 bits per heavy atom. The summed E-state index contributed by atoms with van der Waals surface area (Å²) in [6, 6.07) is 8.66. The number of hydrogen-bond donors (Lipinski definition) is 1. The van der Waals surface area contributed by atoms with Crippen LogP contribution >= 0.6 is 0 Å². The van der Waals surface area contributed by atoms with E-state index in [-0.39, 0.29) is 17.9 Å². The highest BCUT2D eigenvalue weighted by Crippen LogP contribution is 2.26. The number of halogens is 3. The standard InChI is InChI=1S/C14H11F3N2O2/c15-14(16,17)21-12-4-2-1-3-11(12)9-19-13(20)10-5-7-18-8-6-10/h1-8H,9H2,(H,19,20). The second-order valence-electron chi connectivity index (χ2n) is 4.07. The number of benzene rings is 1. The molecule has 0 radical (unpaired) electrons. The lowest BCUT2D eigenvalue weighted by Crippen LogP contribution is -2.24. The van der Waals surface area contributed by atoms with Gasteiger partial charge in [-0.1, -0.05) is 18.2 Å². The van der Waals surface area contributed by atoms with E-state index in [9.17, 15) is 18.0 Å². The lowest BCUT2D eigenvalue weighted by atomic mass is 10.2. The summed E-state index contributed by atoms with van der Waals surface area (Å²) in [5, 5.41) is 2.53. The maximum absolute atomic E-state index is 12.3. The average Bonchev–Trinajstić information content (AvgIpc) is 2.45. The van der Waals surface area contributed by atoms with Gasteiger partial charge in [-0.3, -0.25) is 9.78 Å². The lowest BCUT2D eigenvalue weighted by molar-refractivity contribution is -0.274. The molecular formula is C14H11F3N2O2. The molecule has 110 valence electrons. The Hall–Kier alpha value is -2.57. The minimum absolute atomic E-state index is 0.0760. The smallest absolute Gasteiger partial charge is 0.405 e. The fraction of sp³-hybridized carbons (Fsp3) is 0.143. The molecule has 4 nitrogen and oxygen atoms in total. The maximum Gasteiger partial charge on any atom is 0.573 e. The second-order valence-corrected chi connectivity index (χ2v) is 4.07. The summed E-state index contributed by atoms with van der Waals surface area (Å²) in [6.07, 6.45) is -1.86. The average molecular weight is 296 g/mol. The van der Waals surface area contributed by atoms with Crippen molar-refractivity contribution in [2.45, 2.75) is 12.9 Å². The van der Waals surface area contributed by atoms with Gasteiger partial charge in [0, 0.05) is 30.1 Å². The number of carbonyl (C=O) groups is 1. The molecule has 0 atom stereocenters. The van der Waals surface area contributed by atoms with E-state index < -0.39 is 12.3 Å². The van der Waals surface area contributed by atoms with Crippen LogP contribution in [0.1, 0.15) is 15.9 Å². The molecule has 1 amide bonds. The van der Waals surface area contributed by atoms with Crippen molar-refractivity contribution in [3.8, 4) is 5.75 Å². The molecule has 0 aliphatic rings. The highest BCUT2D eigenvalue weighted by molar-refractivity contribution is 5.93. The molecule has 0 saturated carbocycles. The van der Waals surface area contributed by atoms with Crippen molar-refractivity contribution in [2.24, 2.45) is 0 Å². The molecule has 1 aromatic heterocycles. The van der Waals surface area contributed by atoms with Crippen LogP contribution in [0.15, 0.2) is 48.8 Å². The van der Waals surface area contributed by atoms with Crippen molar-refractivity contribution in [2.75, 3.05) is 0 Å². The molecule has 2 aromatic rings. The normalized spacial score (nSPS) is 11.0. The molecule has 0 bridgehead atoms. The molecule has 1 heterocycles. The van der Waals surface area contributed by atoms with Gasteiger partial charge in [-0.2, -0.15) is 0 Å². The summed E-state index contributed by atoms with van der Waals surface area (Å²) in [7, 11) is 0. The SMILES string of the molecule is O=C(NCc1ccccc1OC(F)(F)F)c1ccncc1. The maximum atomic E-state index is 12.3. The van der Waals surface area contributed by atoms with Crippen molar-refractivity contribution >= 4 is 5.91 Å². The van der Waals surface area contributed by atoms with E-state index in [0.717, 1.165) is 0 Å². The van der Waals surface area contributed by atoms with Crippen LogP contribution in [0.5, 0.6) is 5.75 Å². The number of para-hydroxylation sites is 1. The Balaban J connectivity index is 2.05.